The molecule has 0 saturated carbocycles. The first-order valence-electron chi connectivity index (χ1n) is 3.72. The molecule has 1 N–H and O–H groups in total. The molecule has 0 aliphatic rings. The van der Waals surface area contributed by atoms with Crippen molar-refractivity contribution in [3.8, 4) is 5.75 Å². The number of pyridine rings is 1. The molecule has 1 rings (SSSR count). The predicted molar refractivity (Wildman–Crippen MR) is 49.9 cm³/mol. The fraction of sp³-hybridized carbons (Fsp3) is 0.250. The van der Waals surface area contributed by atoms with Crippen molar-refractivity contribution in [2.24, 2.45) is 0 Å². The van der Waals surface area contributed by atoms with Crippen LogP contribution < -0.4 is 0 Å². The molecule has 0 aliphatic heterocycles. The fourth-order valence-electron chi connectivity index (χ4n) is 0.954. The Kier molecular flexibility index (Phi) is 3.57. The van der Waals surface area contributed by atoms with Crippen LogP contribution in [0, 0.1) is 0 Å². The van der Waals surface area contributed by atoms with E-state index in [1.54, 1.807) is 0 Å². The Morgan fingerprint density at radius 3 is 2.73 bits per heavy atom. The topological polar surface area (TPSA) is 59.4 Å². The molecule has 0 aliphatic carbocycles. The molecule has 0 radical (unpaired) electrons. The van der Waals surface area contributed by atoms with E-state index in [9.17, 15) is 18.7 Å². The van der Waals surface area contributed by atoms with Crippen molar-refractivity contribution in [3.63, 3.8) is 0 Å². The zero-order chi connectivity index (χ0) is 11.6. The number of hydrogen-bond acceptors (Lipinski definition) is 4. The Morgan fingerprint density at radius 1 is 1.67 bits per heavy atom. The fourth-order valence-corrected chi connectivity index (χ4v) is 1.42. The first-order chi connectivity index (χ1) is 6.99. The molecule has 7 heteroatoms. The van der Waals surface area contributed by atoms with E-state index in [-0.39, 0.29) is 4.47 Å². The van der Waals surface area contributed by atoms with Crippen LogP contribution in [0.1, 0.15) is 22.5 Å². The molecule has 1 aromatic rings. The van der Waals surface area contributed by atoms with Gasteiger partial charge in [-0.25, -0.2) is 13.6 Å². The van der Waals surface area contributed by atoms with Gasteiger partial charge in [0.1, 0.15) is 17.0 Å². The van der Waals surface area contributed by atoms with Crippen molar-refractivity contribution >= 4 is 21.9 Å². The van der Waals surface area contributed by atoms with E-state index in [0.29, 0.717) is 0 Å². The van der Waals surface area contributed by atoms with Crippen molar-refractivity contribution < 1.29 is 23.4 Å². The van der Waals surface area contributed by atoms with Gasteiger partial charge in [-0.05, 0) is 15.9 Å². The average molecular weight is 282 g/mol. The summed E-state index contributed by atoms with van der Waals surface area (Å²) in [4.78, 5) is 14.5. The van der Waals surface area contributed by atoms with Crippen LogP contribution >= 0.6 is 15.9 Å². The number of alkyl halides is 2. The summed E-state index contributed by atoms with van der Waals surface area (Å²) >= 11 is 2.82. The van der Waals surface area contributed by atoms with Gasteiger partial charge in [0.25, 0.3) is 6.43 Å². The molecule has 0 aromatic carbocycles. The number of esters is 1. The molecule has 0 fully saturated rings. The van der Waals surface area contributed by atoms with Crippen LogP contribution in [0.4, 0.5) is 8.78 Å². The molecule has 15 heavy (non-hydrogen) atoms. The Labute approximate surface area is 92.0 Å². The lowest BCUT2D eigenvalue weighted by atomic mass is 10.2. The van der Waals surface area contributed by atoms with Crippen molar-refractivity contribution in [2.45, 2.75) is 6.43 Å². The van der Waals surface area contributed by atoms with Crippen molar-refractivity contribution in [1.29, 1.82) is 0 Å². The number of aromatic hydroxyl groups is 1. The normalized spacial score (nSPS) is 10.5. The smallest absolute Gasteiger partial charge is 0.341 e. The second kappa shape index (κ2) is 4.52. The largest absolute Gasteiger partial charge is 0.505 e. The molecule has 1 aromatic heterocycles. The minimum atomic E-state index is -2.92. The number of rotatable bonds is 2. The number of halogens is 3. The van der Waals surface area contributed by atoms with Gasteiger partial charge in [0.15, 0.2) is 0 Å². The Hall–Kier alpha value is -1.24. The van der Waals surface area contributed by atoms with E-state index >= 15 is 0 Å². The van der Waals surface area contributed by atoms with Gasteiger partial charge in [0.2, 0.25) is 0 Å². The Bertz CT molecular complexity index is 398. The van der Waals surface area contributed by atoms with Crippen LogP contribution in [0.15, 0.2) is 10.7 Å². The highest BCUT2D eigenvalue weighted by Crippen LogP contribution is 2.33. The molecular formula is C8H6BrF2NO3. The van der Waals surface area contributed by atoms with Crippen molar-refractivity contribution in [2.75, 3.05) is 7.11 Å². The summed E-state index contributed by atoms with van der Waals surface area (Å²) in [5.74, 6) is -1.39. The van der Waals surface area contributed by atoms with Gasteiger partial charge in [-0.2, -0.15) is 0 Å². The second-order valence-electron chi connectivity index (χ2n) is 2.51. The highest BCUT2D eigenvalue weighted by Gasteiger charge is 2.25. The molecule has 0 unspecified atom stereocenters. The average Bonchev–Trinajstić information content (AvgIpc) is 2.20. The molecular weight excluding hydrogens is 276 g/mol. The van der Waals surface area contributed by atoms with E-state index in [2.05, 4.69) is 25.7 Å². The van der Waals surface area contributed by atoms with Crippen molar-refractivity contribution in [1.82, 2.24) is 4.98 Å². The lowest BCUT2D eigenvalue weighted by Crippen LogP contribution is -2.09. The molecule has 4 nitrogen and oxygen atoms in total. The Morgan fingerprint density at radius 2 is 2.27 bits per heavy atom. The number of aromatic nitrogens is 1. The van der Waals surface area contributed by atoms with E-state index in [1.165, 1.54) is 0 Å². The van der Waals surface area contributed by atoms with Crippen LogP contribution in [0.2, 0.25) is 0 Å². The van der Waals surface area contributed by atoms with E-state index in [4.69, 9.17) is 0 Å². The maximum atomic E-state index is 12.5. The SMILES string of the molecule is COC(=O)c1c(C(F)F)ncc(O)c1Br. The zero-order valence-electron chi connectivity index (χ0n) is 7.50. The third-order valence-corrected chi connectivity index (χ3v) is 2.43. The number of ether oxygens (including phenoxy) is 1. The highest BCUT2D eigenvalue weighted by atomic mass is 79.9. The summed E-state index contributed by atoms with van der Waals surface area (Å²) in [6, 6.07) is 0. The van der Waals surface area contributed by atoms with Crippen LogP contribution in [0.25, 0.3) is 0 Å². The molecule has 82 valence electrons. The number of carbonyl (C=O) groups is 1. The van der Waals surface area contributed by atoms with Crippen LogP contribution in [-0.2, 0) is 4.74 Å². The van der Waals surface area contributed by atoms with Crippen LogP contribution in [-0.4, -0.2) is 23.2 Å². The van der Waals surface area contributed by atoms with E-state index < -0.39 is 29.4 Å². The number of nitrogens with zero attached hydrogens (tertiary/aromatic N) is 1. The van der Waals surface area contributed by atoms with Crippen molar-refractivity contribution in [3.05, 3.63) is 21.9 Å². The minimum Gasteiger partial charge on any atom is -0.505 e. The van der Waals surface area contributed by atoms with E-state index in [0.717, 1.165) is 13.3 Å². The molecule has 0 saturated heterocycles. The number of hydrogen-bond donors (Lipinski definition) is 1. The molecule has 0 spiro atoms. The summed E-state index contributed by atoms with van der Waals surface area (Å²) in [7, 11) is 1.05. The van der Waals surface area contributed by atoms with Crippen LogP contribution in [0.3, 0.4) is 0 Å². The number of methoxy groups -OCH3 is 1. The maximum absolute atomic E-state index is 12.5. The molecule has 0 atom stereocenters. The third kappa shape index (κ3) is 2.23. The van der Waals surface area contributed by atoms with Crippen LogP contribution in [0.5, 0.6) is 5.75 Å². The minimum absolute atomic E-state index is 0.153. The summed E-state index contributed by atoms with van der Waals surface area (Å²) in [6.07, 6.45) is -2.09. The summed E-state index contributed by atoms with van der Waals surface area (Å²) in [5.41, 5.74) is -1.20. The molecule has 0 amide bonds. The third-order valence-electron chi connectivity index (χ3n) is 1.62. The van der Waals surface area contributed by atoms with E-state index in [1.807, 2.05) is 0 Å². The quantitative estimate of drug-likeness (QED) is 0.845. The first-order valence-corrected chi connectivity index (χ1v) is 4.52. The Balaban J connectivity index is 3.41. The van der Waals surface area contributed by atoms with Gasteiger partial charge in [-0.1, -0.05) is 0 Å². The maximum Gasteiger partial charge on any atom is 0.341 e. The van der Waals surface area contributed by atoms with Gasteiger partial charge in [0, 0.05) is 0 Å². The standard InChI is InChI=1S/C8H6BrF2NO3/c1-15-8(14)4-5(9)3(13)2-12-6(4)7(10)11/h2,7,13H,1H3. The van der Waals surface area contributed by atoms with Gasteiger partial charge < -0.3 is 9.84 Å². The number of carbonyl (C=O) groups excluding carboxylic acids is 1. The highest BCUT2D eigenvalue weighted by molar-refractivity contribution is 9.10. The first kappa shape index (κ1) is 11.8. The van der Waals surface area contributed by atoms with Gasteiger partial charge in [-0.3, -0.25) is 4.98 Å². The van der Waals surface area contributed by atoms with Gasteiger partial charge in [0.05, 0.1) is 17.8 Å². The van der Waals surface area contributed by atoms with Gasteiger partial charge >= 0.3 is 5.97 Å². The van der Waals surface area contributed by atoms with Gasteiger partial charge in [-0.15, -0.1) is 0 Å². The molecule has 1 heterocycles. The summed E-state index contributed by atoms with van der Waals surface area (Å²) in [6.45, 7) is 0. The predicted octanol–water partition coefficient (Wildman–Crippen LogP) is 2.27. The zero-order valence-corrected chi connectivity index (χ0v) is 9.09. The summed E-state index contributed by atoms with van der Waals surface area (Å²) < 4.78 is 29.1. The molecule has 0 bridgehead atoms. The lowest BCUT2D eigenvalue weighted by Gasteiger charge is -2.08. The monoisotopic (exact) mass is 281 g/mol. The lowest BCUT2D eigenvalue weighted by molar-refractivity contribution is 0.0585. The summed E-state index contributed by atoms with van der Waals surface area (Å²) in [5, 5.41) is 9.19. The second-order valence-corrected chi connectivity index (χ2v) is 3.30.